The van der Waals surface area contributed by atoms with E-state index >= 15 is 0 Å². The molecule has 0 aromatic rings. The predicted octanol–water partition coefficient (Wildman–Crippen LogP) is 0.812. The zero-order valence-corrected chi connectivity index (χ0v) is 6.47. The van der Waals surface area contributed by atoms with E-state index in [0.29, 0.717) is 0 Å². The van der Waals surface area contributed by atoms with Gasteiger partial charge in [-0.2, -0.15) is 0 Å². The largest absolute Gasteiger partial charge is 0.575 e. The van der Waals surface area contributed by atoms with Crippen molar-refractivity contribution in [2.75, 3.05) is 13.4 Å². The Morgan fingerprint density at radius 2 is 2.23 bits per heavy atom. The number of halogens is 3. The summed E-state index contributed by atoms with van der Waals surface area (Å²) in [6.45, 7) is 0.122. The molecule has 0 radical (unpaired) electrons. The molecule has 1 rings (SSSR count). The number of ether oxygens (including phenoxy) is 3. The second-order valence-electron chi connectivity index (χ2n) is 2.40. The van der Waals surface area contributed by atoms with Gasteiger partial charge in [-0.3, -0.25) is 4.79 Å². The van der Waals surface area contributed by atoms with Gasteiger partial charge in [-0.15, -0.1) is 13.2 Å². The Morgan fingerprint density at radius 3 is 2.69 bits per heavy atom. The highest BCUT2D eigenvalue weighted by Crippen LogP contribution is 2.18. The summed E-state index contributed by atoms with van der Waals surface area (Å²) in [5.41, 5.74) is 0. The van der Waals surface area contributed by atoms with Crippen LogP contribution in [0.25, 0.3) is 0 Å². The van der Waals surface area contributed by atoms with Gasteiger partial charge in [0.1, 0.15) is 6.79 Å². The van der Waals surface area contributed by atoms with Gasteiger partial charge in [-0.05, 0) is 0 Å². The molecule has 4 nitrogen and oxygen atoms in total. The van der Waals surface area contributed by atoms with Crippen LogP contribution < -0.4 is 0 Å². The molecule has 1 heterocycles. The first-order valence-electron chi connectivity index (χ1n) is 3.45. The second-order valence-corrected chi connectivity index (χ2v) is 2.40. The number of hydrogen-bond acceptors (Lipinski definition) is 4. The molecule has 0 saturated carbocycles. The minimum Gasteiger partial charge on any atom is -0.373 e. The molecule has 1 fully saturated rings. The lowest BCUT2D eigenvalue weighted by atomic mass is 10.3. The fourth-order valence-corrected chi connectivity index (χ4v) is 0.846. The molecular weight excluding hydrogens is 193 g/mol. The molecule has 1 unspecified atom stereocenters. The number of carbonyl (C=O) groups is 1. The van der Waals surface area contributed by atoms with Gasteiger partial charge in [0.25, 0.3) is 0 Å². The Balaban J connectivity index is 2.24. The van der Waals surface area contributed by atoms with Gasteiger partial charge in [0.2, 0.25) is 0 Å². The topological polar surface area (TPSA) is 44.8 Å². The van der Waals surface area contributed by atoms with Crippen LogP contribution in [0.2, 0.25) is 0 Å². The summed E-state index contributed by atoms with van der Waals surface area (Å²) in [7, 11) is 0. The minimum atomic E-state index is -4.92. The lowest BCUT2D eigenvalue weighted by Gasteiger charge is -2.09. The van der Waals surface area contributed by atoms with Crippen LogP contribution in [-0.2, 0) is 19.0 Å². The van der Waals surface area contributed by atoms with Crippen LogP contribution >= 0.6 is 0 Å². The van der Waals surface area contributed by atoms with Crippen molar-refractivity contribution in [2.24, 2.45) is 0 Å². The molecule has 0 spiro atoms. The van der Waals surface area contributed by atoms with Crippen molar-refractivity contribution in [1.29, 1.82) is 0 Å². The zero-order valence-electron chi connectivity index (χ0n) is 6.47. The molecule has 0 aromatic carbocycles. The summed E-state index contributed by atoms with van der Waals surface area (Å²) in [4.78, 5) is 10.5. The van der Waals surface area contributed by atoms with Crippen molar-refractivity contribution < 1.29 is 32.2 Å². The minimum absolute atomic E-state index is 0.00393. The molecule has 1 saturated heterocycles. The van der Waals surface area contributed by atoms with Crippen molar-refractivity contribution in [3.8, 4) is 0 Å². The van der Waals surface area contributed by atoms with E-state index in [-0.39, 0.29) is 13.4 Å². The average molecular weight is 200 g/mol. The maximum Gasteiger partial charge on any atom is 0.575 e. The normalized spacial score (nSPS) is 23.2. The maximum absolute atomic E-state index is 11.5. The summed E-state index contributed by atoms with van der Waals surface area (Å²) < 4.78 is 46.9. The number of esters is 1. The lowest BCUT2D eigenvalue weighted by molar-refractivity contribution is -0.306. The first-order chi connectivity index (χ1) is 5.97. The third kappa shape index (κ3) is 4.09. The first kappa shape index (κ1) is 10.3. The molecule has 0 bridgehead atoms. The number of carbonyl (C=O) groups excluding carboxylic acids is 1. The Morgan fingerprint density at radius 1 is 1.54 bits per heavy atom. The standard InChI is InChI=1S/C6H7F3O4/c7-6(8,9)13-5(10)1-4-2-11-3-12-4/h4H,1-3H2. The smallest absolute Gasteiger partial charge is 0.373 e. The van der Waals surface area contributed by atoms with Gasteiger partial charge in [0.05, 0.1) is 19.1 Å². The van der Waals surface area contributed by atoms with Gasteiger partial charge < -0.3 is 14.2 Å². The van der Waals surface area contributed by atoms with E-state index in [1.807, 2.05) is 0 Å². The number of hydrogen-bond donors (Lipinski definition) is 0. The quantitative estimate of drug-likeness (QED) is 0.619. The summed E-state index contributed by atoms with van der Waals surface area (Å²) in [6, 6.07) is 0. The van der Waals surface area contributed by atoms with Gasteiger partial charge in [0, 0.05) is 0 Å². The first-order valence-corrected chi connectivity index (χ1v) is 3.45. The third-order valence-corrected chi connectivity index (χ3v) is 1.31. The van der Waals surface area contributed by atoms with Crippen LogP contribution in [0.1, 0.15) is 6.42 Å². The maximum atomic E-state index is 11.5. The molecule has 13 heavy (non-hydrogen) atoms. The summed E-state index contributed by atoms with van der Waals surface area (Å²) in [5, 5.41) is 0. The van der Waals surface area contributed by atoms with E-state index in [1.54, 1.807) is 0 Å². The van der Waals surface area contributed by atoms with Crippen molar-refractivity contribution in [1.82, 2.24) is 0 Å². The molecule has 1 atom stereocenters. The van der Waals surface area contributed by atoms with Gasteiger partial charge in [-0.1, -0.05) is 0 Å². The molecule has 0 aromatic heterocycles. The van der Waals surface area contributed by atoms with E-state index in [0.717, 1.165) is 0 Å². The fraction of sp³-hybridized carbons (Fsp3) is 0.833. The summed E-state index contributed by atoms with van der Waals surface area (Å²) in [5.74, 6) is -1.36. The van der Waals surface area contributed by atoms with E-state index < -0.39 is 24.9 Å². The van der Waals surface area contributed by atoms with Crippen molar-refractivity contribution in [2.45, 2.75) is 18.9 Å². The molecule has 76 valence electrons. The zero-order chi connectivity index (χ0) is 9.90. The Labute approximate surface area is 71.6 Å². The SMILES string of the molecule is O=C(CC1COCO1)OC(F)(F)F. The average Bonchev–Trinajstić information content (AvgIpc) is 2.34. The van der Waals surface area contributed by atoms with E-state index in [1.165, 1.54) is 0 Å². The predicted molar refractivity (Wildman–Crippen MR) is 32.5 cm³/mol. The Kier molecular flexibility index (Phi) is 3.10. The number of rotatable bonds is 2. The van der Waals surface area contributed by atoms with Gasteiger partial charge in [0.15, 0.2) is 0 Å². The van der Waals surface area contributed by atoms with Crippen LogP contribution in [0, 0.1) is 0 Å². The van der Waals surface area contributed by atoms with E-state index in [9.17, 15) is 18.0 Å². The van der Waals surface area contributed by atoms with Gasteiger partial charge >= 0.3 is 12.3 Å². The van der Waals surface area contributed by atoms with Crippen molar-refractivity contribution >= 4 is 5.97 Å². The van der Waals surface area contributed by atoms with E-state index in [4.69, 9.17) is 4.74 Å². The number of alkyl halides is 3. The molecule has 0 amide bonds. The Bertz CT molecular complexity index is 185. The van der Waals surface area contributed by atoms with Crippen LogP contribution in [0.4, 0.5) is 13.2 Å². The molecule has 0 N–H and O–H groups in total. The third-order valence-electron chi connectivity index (χ3n) is 1.31. The fourth-order valence-electron chi connectivity index (χ4n) is 0.846. The molecule has 1 aliphatic rings. The van der Waals surface area contributed by atoms with E-state index in [2.05, 4.69) is 9.47 Å². The molecule has 7 heteroatoms. The van der Waals surface area contributed by atoms with Crippen LogP contribution in [0.15, 0.2) is 0 Å². The van der Waals surface area contributed by atoms with Gasteiger partial charge in [-0.25, -0.2) is 0 Å². The van der Waals surface area contributed by atoms with Crippen molar-refractivity contribution in [3.05, 3.63) is 0 Å². The highest BCUT2D eigenvalue weighted by Gasteiger charge is 2.35. The van der Waals surface area contributed by atoms with Crippen LogP contribution in [-0.4, -0.2) is 31.8 Å². The van der Waals surface area contributed by atoms with Crippen LogP contribution in [0.3, 0.4) is 0 Å². The molecule has 1 aliphatic heterocycles. The lowest BCUT2D eigenvalue weighted by Crippen LogP contribution is -2.24. The molecular formula is C6H7F3O4. The van der Waals surface area contributed by atoms with Crippen molar-refractivity contribution in [3.63, 3.8) is 0 Å². The summed E-state index contributed by atoms with van der Waals surface area (Å²) >= 11 is 0. The molecule has 0 aliphatic carbocycles. The van der Waals surface area contributed by atoms with Crippen LogP contribution in [0.5, 0.6) is 0 Å². The monoisotopic (exact) mass is 200 g/mol. The Hall–Kier alpha value is -0.820. The highest BCUT2D eigenvalue weighted by atomic mass is 19.4. The second kappa shape index (κ2) is 3.93. The highest BCUT2D eigenvalue weighted by molar-refractivity contribution is 5.70. The summed E-state index contributed by atoms with van der Waals surface area (Å²) in [6.07, 6.45) is -5.99.